The molecule has 0 spiro atoms. The quantitative estimate of drug-likeness (QED) is 0.117. The molecule has 3 N–H and O–H groups in total. The number of allylic oxidation sites excluding steroid dienone is 3. The highest BCUT2D eigenvalue weighted by molar-refractivity contribution is 5.78. The molecule has 1 fully saturated rings. The van der Waals surface area contributed by atoms with E-state index >= 15 is 0 Å². The summed E-state index contributed by atoms with van der Waals surface area (Å²) in [5, 5.41) is 3.27. The van der Waals surface area contributed by atoms with Crippen molar-refractivity contribution in [3.63, 3.8) is 0 Å². The van der Waals surface area contributed by atoms with E-state index in [2.05, 4.69) is 29.0 Å². The van der Waals surface area contributed by atoms with Gasteiger partial charge in [0, 0.05) is 32.6 Å². The fraction of sp³-hybridized carbons (Fsp3) is 0.478. The molecule has 0 atom stereocenters. The number of aliphatic imine (C=N–C) groups is 1. The van der Waals surface area contributed by atoms with E-state index in [9.17, 15) is 26.7 Å². The smallest absolute Gasteiger partial charge is 0.417 e. The highest BCUT2D eigenvalue weighted by Gasteiger charge is 2.37. The number of aldehydes is 1. The first-order valence-electron chi connectivity index (χ1n) is 10.6. The van der Waals surface area contributed by atoms with Crippen molar-refractivity contribution in [2.75, 3.05) is 46.1 Å². The number of nitrogens with one attached hydrogen (secondary N) is 1. The van der Waals surface area contributed by atoms with Gasteiger partial charge in [0.15, 0.2) is 6.29 Å². The third-order valence-electron chi connectivity index (χ3n) is 4.61. The van der Waals surface area contributed by atoms with Gasteiger partial charge < -0.3 is 20.7 Å². The number of nitrogens with two attached hydrogens (primary N) is 1. The van der Waals surface area contributed by atoms with Crippen LogP contribution >= 0.6 is 0 Å². The summed E-state index contributed by atoms with van der Waals surface area (Å²) < 4.78 is 72.0. The van der Waals surface area contributed by atoms with E-state index in [0.717, 1.165) is 27.1 Å². The average molecular weight is 493 g/mol. The average Bonchev–Trinajstić information content (AvgIpc) is 2.79. The SMILES string of the molecule is C=N/C(OC)=C(C=O)\C=C(\F)Cc1cc(N)c(F)c(C)c1C(F)(F)F.CC.CN1CCNCC1. The van der Waals surface area contributed by atoms with Crippen LogP contribution in [0.3, 0.4) is 0 Å². The number of methoxy groups -OCH3 is 1. The topological polar surface area (TPSA) is 79.9 Å². The molecule has 1 aromatic rings. The van der Waals surface area contributed by atoms with Crippen molar-refractivity contribution in [2.45, 2.75) is 33.4 Å². The maximum atomic E-state index is 14.1. The van der Waals surface area contributed by atoms with Crippen LogP contribution in [0.25, 0.3) is 0 Å². The number of hydrogen-bond donors (Lipinski definition) is 2. The summed E-state index contributed by atoms with van der Waals surface area (Å²) in [4.78, 5) is 16.6. The number of halogens is 5. The van der Waals surface area contributed by atoms with Crippen molar-refractivity contribution < 1.29 is 31.5 Å². The molecule has 1 saturated heterocycles. The lowest BCUT2D eigenvalue weighted by molar-refractivity contribution is -0.138. The number of carbonyl (C=O) groups is 1. The Balaban J connectivity index is 0.00000101. The molecule has 0 radical (unpaired) electrons. The Kier molecular flexibility index (Phi) is 13.9. The van der Waals surface area contributed by atoms with Crippen LogP contribution in [0.2, 0.25) is 0 Å². The first-order chi connectivity index (χ1) is 16.0. The zero-order valence-electron chi connectivity index (χ0n) is 20.2. The molecule has 1 aliphatic heterocycles. The van der Waals surface area contributed by atoms with Crippen molar-refractivity contribution in [1.29, 1.82) is 0 Å². The van der Waals surface area contributed by atoms with Crippen LogP contribution in [0, 0.1) is 12.7 Å². The van der Waals surface area contributed by atoms with Gasteiger partial charge in [-0.25, -0.2) is 13.8 Å². The molecule has 0 aromatic heterocycles. The van der Waals surface area contributed by atoms with Gasteiger partial charge in [-0.15, -0.1) is 0 Å². The summed E-state index contributed by atoms with van der Waals surface area (Å²) in [6.07, 6.45) is -4.89. The van der Waals surface area contributed by atoms with Crippen molar-refractivity contribution in [2.24, 2.45) is 4.99 Å². The lowest BCUT2D eigenvalue weighted by Gasteiger charge is -2.21. The molecule has 1 aliphatic rings. The minimum absolute atomic E-state index is 0.210. The largest absolute Gasteiger partial charge is 0.480 e. The Hall–Kier alpha value is -2.79. The third-order valence-corrected chi connectivity index (χ3v) is 4.61. The molecule has 6 nitrogen and oxygen atoms in total. The highest BCUT2D eigenvalue weighted by atomic mass is 19.4. The van der Waals surface area contributed by atoms with Gasteiger partial charge in [0.05, 0.1) is 23.9 Å². The molecular weight excluding hydrogens is 459 g/mol. The number of benzene rings is 1. The van der Waals surface area contributed by atoms with E-state index < -0.39 is 46.6 Å². The second-order valence-electron chi connectivity index (χ2n) is 7.00. The van der Waals surface area contributed by atoms with Crippen LogP contribution in [0.5, 0.6) is 0 Å². The van der Waals surface area contributed by atoms with Crippen LogP contribution in [0.15, 0.2) is 34.4 Å². The Morgan fingerprint density at radius 1 is 1.32 bits per heavy atom. The molecule has 0 amide bonds. The number of nitrogen functional groups attached to an aromatic ring is 1. The molecular formula is C23H33F5N4O2. The molecule has 1 aromatic carbocycles. The van der Waals surface area contributed by atoms with Gasteiger partial charge in [-0.2, -0.15) is 13.2 Å². The van der Waals surface area contributed by atoms with E-state index in [-0.39, 0.29) is 17.7 Å². The van der Waals surface area contributed by atoms with Crippen molar-refractivity contribution in [3.05, 3.63) is 51.9 Å². The molecule has 0 unspecified atom stereocenters. The molecule has 0 aliphatic carbocycles. The van der Waals surface area contributed by atoms with E-state index in [1.165, 1.54) is 13.1 Å². The summed E-state index contributed by atoms with van der Waals surface area (Å²) in [6.45, 7) is 12.8. The van der Waals surface area contributed by atoms with Gasteiger partial charge >= 0.3 is 6.18 Å². The number of nitrogens with zero attached hydrogens (tertiary/aromatic N) is 2. The molecule has 2 rings (SSSR count). The zero-order valence-corrected chi connectivity index (χ0v) is 20.2. The van der Waals surface area contributed by atoms with E-state index in [1.54, 1.807) is 0 Å². The molecule has 192 valence electrons. The Bertz CT molecular complexity index is 877. The van der Waals surface area contributed by atoms with Gasteiger partial charge in [-0.1, -0.05) is 13.8 Å². The van der Waals surface area contributed by atoms with E-state index in [1.807, 2.05) is 13.8 Å². The van der Waals surface area contributed by atoms with E-state index in [0.29, 0.717) is 12.1 Å². The fourth-order valence-electron chi connectivity index (χ4n) is 3.02. The maximum absolute atomic E-state index is 14.1. The predicted octanol–water partition coefficient (Wildman–Crippen LogP) is 4.44. The summed E-state index contributed by atoms with van der Waals surface area (Å²) in [7, 11) is 3.31. The van der Waals surface area contributed by atoms with Crippen LogP contribution in [0.4, 0.5) is 27.6 Å². The fourth-order valence-corrected chi connectivity index (χ4v) is 3.02. The number of hydrogen-bond acceptors (Lipinski definition) is 6. The highest BCUT2D eigenvalue weighted by Crippen LogP contribution is 2.38. The maximum Gasteiger partial charge on any atom is 0.417 e. The summed E-state index contributed by atoms with van der Waals surface area (Å²) >= 11 is 0. The van der Waals surface area contributed by atoms with Gasteiger partial charge in [0.1, 0.15) is 11.6 Å². The number of carbonyl (C=O) groups excluding carboxylic acids is 1. The summed E-state index contributed by atoms with van der Waals surface area (Å²) in [6, 6.07) is 0.714. The molecule has 1 heterocycles. The van der Waals surface area contributed by atoms with Crippen molar-refractivity contribution in [3.8, 4) is 0 Å². The van der Waals surface area contributed by atoms with Gasteiger partial charge in [0.25, 0.3) is 0 Å². The van der Waals surface area contributed by atoms with Gasteiger partial charge in [-0.3, -0.25) is 4.79 Å². The second-order valence-corrected chi connectivity index (χ2v) is 7.00. The normalized spacial score (nSPS) is 15.2. The van der Waals surface area contributed by atoms with Crippen LogP contribution in [0.1, 0.15) is 30.5 Å². The lowest BCUT2D eigenvalue weighted by Crippen LogP contribution is -2.40. The number of likely N-dealkylation sites (N-methyl/N-ethyl adjacent to an activating group) is 1. The molecule has 11 heteroatoms. The van der Waals surface area contributed by atoms with Crippen LogP contribution in [-0.2, 0) is 22.1 Å². The Morgan fingerprint density at radius 3 is 2.26 bits per heavy atom. The van der Waals surface area contributed by atoms with E-state index in [4.69, 9.17) is 10.5 Å². The van der Waals surface area contributed by atoms with Crippen LogP contribution in [-0.4, -0.2) is 58.2 Å². The Labute approximate surface area is 197 Å². The second kappa shape index (κ2) is 15.2. The number of ether oxygens (including phenoxy) is 1. The standard InChI is InChI=1S/C16H15F5N2O2.C5H12N2.C2H6/c1-8-13(16(19,20)21)9(6-12(22)14(8)18)4-11(17)5-10(7-24)15(23-2)25-3;1-7-4-2-6-3-5-7;1-2/h5-7H,2,4,22H2,1,3H3;6H,2-5H2,1H3;1-2H3/b11-5+,15-10-;;. The zero-order chi connectivity index (χ0) is 26.5. The number of alkyl halides is 3. The van der Waals surface area contributed by atoms with Crippen molar-refractivity contribution in [1.82, 2.24) is 10.2 Å². The third kappa shape index (κ3) is 9.60. The van der Waals surface area contributed by atoms with Gasteiger partial charge in [-0.05, 0) is 44.0 Å². The number of rotatable bonds is 6. The summed E-state index contributed by atoms with van der Waals surface area (Å²) in [5.74, 6) is -2.61. The number of anilines is 1. The predicted molar refractivity (Wildman–Crippen MR) is 125 cm³/mol. The van der Waals surface area contributed by atoms with Gasteiger partial charge in [0.2, 0.25) is 5.88 Å². The molecule has 0 saturated carbocycles. The molecule has 34 heavy (non-hydrogen) atoms. The minimum atomic E-state index is -4.90. The Morgan fingerprint density at radius 2 is 1.88 bits per heavy atom. The minimum Gasteiger partial charge on any atom is -0.480 e. The van der Waals surface area contributed by atoms with Crippen LogP contribution < -0.4 is 11.1 Å². The monoisotopic (exact) mass is 492 g/mol. The summed E-state index contributed by atoms with van der Waals surface area (Å²) in [5.41, 5.74) is 1.84. The lowest BCUT2D eigenvalue weighted by atomic mass is 9.96. The molecule has 0 bridgehead atoms. The first-order valence-corrected chi connectivity index (χ1v) is 10.6. The van der Waals surface area contributed by atoms with Crippen molar-refractivity contribution >= 4 is 18.7 Å². The first kappa shape index (κ1) is 31.2. The number of piperazine rings is 1.